The summed E-state index contributed by atoms with van der Waals surface area (Å²) in [7, 11) is 0. The molecule has 84 valence electrons. The molecule has 0 aromatic carbocycles. The fourth-order valence-electron chi connectivity index (χ4n) is 2.39. The zero-order valence-electron chi connectivity index (χ0n) is 9.67. The zero-order chi connectivity index (χ0) is 10.4. The first-order valence-electron chi connectivity index (χ1n) is 6.13. The van der Waals surface area contributed by atoms with Gasteiger partial charge in [0.05, 0.1) is 6.10 Å². The maximum atomic E-state index is 5.89. The van der Waals surface area contributed by atoms with Crippen molar-refractivity contribution in [2.24, 2.45) is 17.6 Å². The van der Waals surface area contributed by atoms with E-state index in [2.05, 4.69) is 13.8 Å². The lowest BCUT2D eigenvalue weighted by molar-refractivity contribution is -0.0233. The van der Waals surface area contributed by atoms with Gasteiger partial charge in [0.25, 0.3) is 0 Å². The summed E-state index contributed by atoms with van der Waals surface area (Å²) in [6, 6.07) is 0. The predicted octanol–water partition coefficient (Wildman–Crippen LogP) is 2.57. The summed E-state index contributed by atoms with van der Waals surface area (Å²) >= 11 is 0. The number of hydrogen-bond acceptors (Lipinski definition) is 2. The Morgan fingerprint density at radius 3 is 2.64 bits per heavy atom. The summed E-state index contributed by atoms with van der Waals surface area (Å²) < 4.78 is 5.89. The molecule has 1 fully saturated rings. The Bertz CT molecular complexity index is 149. The molecule has 0 heterocycles. The molecule has 0 radical (unpaired) electrons. The van der Waals surface area contributed by atoms with Gasteiger partial charge in [-0.3, -0.25) is 0 Å². The minimum Gasteiger partial charge on any atom is -0.378 e. The monoisotopic (exact) mass is 199 g/mol. The fourth-order valence-corrected chi connectivity index (χ4v) is 2.39. The number of ether oxygens (including phenoxy) is 1. The standard InChI is InChI=1S/C12H25NO/c1-3-7-14-12-8-10(4-2)5-6-11(12)9-13/h10-12H,3-9,13H2,1-2H3. The molecule has 14 heavy (non-hydrogen) atoms. The van der Waals surface area contributed by atoms with Crippen LogP contribution in [0.25, 0.3) is 0 Å². The lowest BCUT2D eigenvalue weighted by atomic mass is 9.78. The van der Waals surface area contributed by atoms with Crippen LogP contribution < -0.4 is 5.73 Å². The van der Waals surface area contributed by atoms with Crippen LogP contribution in [0.2, 0.25) is 0 Å². The minimum absolute atomic E-state index is 0.443. The molecule has 1 saturated carbocycles. The second-order valence-electron chi connectivity index (χ2n) is 4.49. The Balaban J connectivity index is 2.38. The van der Waals surface area contributed by atoms with Gasteiger partial charge in [-0.1, -0.05) is 20.3 Å². The van der Waals surface area contributed by atoms with Gasteiger partial charge < -0.3 is 10.5 Å². The first-order chi connectivity index (χ1) is 6.81. The van der Waals surface area contributed by atoms with Gasteiger partial charge in [0.15, 0.2) is 0 Å². The van der Waals surface area contributed by atoms with Crippen LogP contribution in [0.15, 0.2) is 0 Å². The highest BCUT2D eigenvalue weighted by atomic mass is 16.5. The van der Waals surface area contributed by atoms with E-state index < -0.39 is 0 Å². The molecule has 0 aliphatic heterocycles. The van der Waals surface area contributed by atoms with Gasteiger partial charge in [0, 0.05) is 6.61 Å². The van der Waals surface area contributed by atoms with E-state index in [9.17, 15) is 0 Å². The van der Waals surface area contributed by atoms with Gasteiger partial charge in [-0.2, -0.15) is 0 Å². The van der Waals surface area contributed by atoms with Crippen molar-refractivity contribution in [3.63, 3.8) is 0 Å². The smallest absolute Gasteiger partial charge is 0.0617 e. The Hall–Kier alpha value is -0.0800. The van der Waals surface area contributed by atoms with E-state index >= 15 is 0 Å². The van der Waals surface area contributed by atoms with Crippen LogP contribution in [-0.2, 0) is 4.74 Å². The van der Waals surface area contributed by atoms with Crippen molar-refractivity contribution in [2.45, 2.75) is 52.1 Å². The molecule has 0 saturated heterocycles. The van der Waals surface area contributed by atoms with E-state index in [-0.39, 0.29) is 0 Å². The average molecular weight is 199 g/mol. The molecule has 0 spiro atoms. The lowest BCUT2D eigenvalue weighted by Gasteiger charge is -2.35. The summed E-state index contributed by atoms with van der Waals surface area (Å²) in [6.07, 6.45) is 6.71. The SMILES string of the molecule is CCCOC1CC(CC)CCC1CN. The van der Waals surface area contributed by atoms with Crippen LogP contribution in [0, 0.1) is 11.8 Å². The molecule has 3 atom stereocenters. The Morgan fingerprint density at radius 2 is 2.07 bits per heavy atom. The van der Waals surface area contributed by atoms with Crippen molar-refractivity contribution in [3.8, 4) is 0 Å². The summed E-state index contributed by atoms with van der Waals surface area (Å²) in [5.41, 5.74) is 5.77. The van der Waals surface area contributed by atoms with Crippen molar-refractivity contribution in [1.82, 2.24) is 0 Å². The van der Waals surface area contributed by atoms with Crippen molar-refractivity contribution in [1.29, 1.82) is 0 Å². The first kappa shape index (κ1) is 12.0. The summed E-state index contributed by atoms with van der Waals surface area (Å²) in [6.45, 7) is 6.14. The number of nitrogens with two attached hydrogens (primary N) is 1. The molecule has 2 nitrogen and oxygen atoms in total. The van der Waals surface area contributed by atoms with Gasteiger partial charge in [0.1, 0.15) is 0 Å². The molecule has 2 heteroatoms. The van der Waals surface area contributed by atoms with Crippen molar-refractivity contribution in [2.75, 3.05) is 13.2 Å². The van der Waals surface area contributed by atoms with E-state index in [0.29, 0.717) is 12.0 Å². The second-order valence-corrected chi connectivity index (χ2v) is 4.49. The predicted molar refractivity (Wildman–Crippen MR) is 60.2 cm³/mol. The highest BCUT2D eigenvalue weighted by molar-refractivity contribution is 4.81. The highest BCUT2D eigenvalue weighted by Gasteiger charge is 2.29. The lowest BCUT2D eigenvalue weighted by Crippen LogP contribution is -2.36. The number of hydrogen-bond donors (Lipinski definition) is 1. The van der Waals surface area contributed by atoms with E-state index in [1.54, 1.807) is 0 Å². The van der Waals surface area contributed by atoms with Crippen LogP contribution in [0.5, 0.6) is 0 Å². The van der Waals surface area contributed by atoms with Gasteiger partial charge in [0.2, 0.25) is 0 Å². The molecule has 1 aliphatic rings. The van der Waals surface area contributed by atoms with Crippen LogP contribution in [0.1, 0.15) is 46.0 Å². The molecule has 0 aromatic rings. The molecule has 1 aliphatic carbocycles. The molecule has 0 bridgehead atoms. The minimum atomic E-state index is 0.443. The second kappa shape index (κ2) is 6.41. The van der Waals surface area contributed by atoms with E-state index in [1.807, 2.05) is 0 Å². The molecular formula is C12H25NO. The third kappa shape index (κ3) is 3.25. The fraction of sp³-hybridized carbons (Fsp3) is 1.00. The quantitative estimate of drug-likeness (QED) is 0.738. The van der Waals surface area contributed by atoms with E-state index in [4.69, 9.17) is 10.5 Å². The number of rotatable bonds is 5. The Kier molecular flexibility index (Phi) is 5.49. The topological polar surface area (TPSA) is 35.2 Å². The van der Waals surface area contributed by atoms with Gasteiger partial charge >= 0.3 is 0 Å². The zero-order valence-corrected chi connectivity index (χ0v) is 9.67. The van der Waals surface area contributed by atoms with Gasteiger partial charge in [-0.05, 0) is 44.1 Å². The Morgan fingerprint density at radius 1 is 1.29 bits per heavy atom. The molecule has 3 unspecified atom stereocenters. The van der Waals surface area contributed by atoms with Crippen LogP contribution in [0.4, 0.5) is 0 Å². The van der Waals surface area contributed by atoms with E-state index in [1.165, 1.54) is 25.7 Å². The summed E-state index contributed by atoms with van der Waals surface area (Å²) in [4.78, 5) is 0. The molecular weight excluding hydrogens is 174 g/mol. The van der Waals surface area contributed by atoms with Gasteiger partial charge in [-0.25, -0.2) is 0 Å². The molecule has 2 N–H and O–H groups in total. The van der Waals surface area contributed by atoms with Crippen LogP contribution in [-0.4, -0.2) is 19.3 Å². The highest BCUT2D eigenvalue weighted by Crippen LogP contribution is 2.32. The van der Waals surface area contributed by atoms with Crippen LogP contribution >= 0.6 is 0 Å². The van der Waals surface area contributed by atoms with E-state index in [0.717, 1.165) is 25.5 Å². The third-order valence-corrected chi connectivity index (χ3v) is 3.45. The third-order valence-electron chi connectivity index (χ3n) is 3.45. The largest absolute Gasteiger partial charge is 0.378 e. The van der Waals surface area contributed by atoms with Crippen LogP contribution in [0.3, 0.4) is 0 Å². The molecule has 0 aromatic heterocycles. The van der Waals surface area contributed by atoms with Crippen molar-refractivity contribution >= 4 is 0 Å². The summed E-state index contributed by atoms with van der Waals surface area (Å²) in [5, 5.41) is 0. The maximum Gasteiger partial charge on any atom is 0.0617 e. The van der Waals surface area contributed by atoms with Gasteiger partial charge in [-0.15, -0.1) is 0 Å². The van der Waals surface area contributed by atoms with Crippen molar-refractivity contribution < 1.29 is 4.74 Å². The average Bonchev–Trinajstić information content (AvgIpc) is 2.25. The van der Waals surface area contributed by atoms with Crippen molar-refractivity contribution in [3.05, 3.63) is 0 Å². The summed E-state index contributed by atoms with van der Waals surface area (Å²) in [5.74, 6) is 1.49. The maximum absolute atomic E-state index is 5.89. The molecule has 0 amide bonds. The normalized spacial score (nSPS) is 33.2. The molecule has 1 rings (SSSR count). The Labute approximate surface area is 88.2 Å². The first-order valence-corrected chi connectivity index (χ1v) is 6.13.